The van der Waals surface area contributed by atoms with E-state index in [-0.39, 0.29) is 17.3 Å². The van der Waals surface area contributed by atoms with Crippen LogP contribution in [0, 0.1) is 0 Å². The second kappa shape index (κ2) is 9.49. The molecule has 0 aliphatic carbocycles. The number of sulfonamides is 1. The number of nitrogens with one attached hydrogen (secondary N) is 3. The summed E-state index contributed by atoms with van der Waals surface area (Å²) in [5.74, 6) is -0.701. The van der Waals surface area contributed by atoms with Crippen molar-refractivity contribution in [1.29, 1.82) is 0 Å². The van der Waals surface area contributed by atoms with Crippen LogP contribution in [0.25, 0.3) is 0 Å². The summed E-state index contributed by atoms with van der Waals surface area (Å²) < 4.78 is 26.9. The molecular formula is C20H23N5O4S. The highest BCUT2D eigenvalue weighted by molar-refractivity contribution is 7.90. The number of fused-ring (bicyclic) bond motifs is 1. The van der Waals surface area contributed by atoms with E-state index in [1.54, 1.807) is 36.5 Å². The third-order valence-electron chi connectivity index (χ3n) is 4.45. The molecule has 1 aromatic heterocycles. The quantitative estimate of drug-likeness (QED) is 0.585. The SMILES string of the molecule is CCCCC(N=C1NS(=O)(=O)c2ccccc21)C(=O)NCC(=O)Nc1cccnc1. The predicted molar refractivity (Wildman–Crippen MR) is 112 cm³/mol. The van der Waals surface area contributed by atoms with Crippen molar-refractivity contribution >= 4 is 33.4 Å². The summed E-state index contributed by atoms with van der Waals surface area (Å²) in [5, 5.41) is 5.21. The number of hydrogen-bond acceptors (Lipinski definition) is 6. The van der Waals surface area contributed by atoms with Gasteiger partial charge in [0.05, 0.1) is 23.3 Å². The van der Waals surface area contributed by atoms with Crippen molar-refractivity contribution in [3.8, 4) is 0 Å². The first-order chi connectivity index (χ1) is 14.4. The maximum atomic E-state index is 12.7. The fraction of sp³-hybridized carbons (Fsp3) is 0.300. The minimum Gasteiger partial charge on any atom is -0.345 e. The molecule has 0 saturated heterocycles. The van der Waals surface area contributed by atoms with Crippen LogP contribution in [-0.2, 0) is 19.6 Å². The molecule has 3 rings (SSSR count). The Morgan fingerprint density at radius 2 is 2.00 bits per heavy atom. The molecule has 1 unspecified atom stereocenters. The van der Waals surface area contributed by atoms with Gasteiger partial charge in [-0.25, -0.2) is 8.42 Å². The minimum absolute atomic E-state index is 0.134. The molecule has 2 heterocycles. The molecule has 10 heteroatoms. The van der Waals surface area contributed by atoms with Gasteiger partial charge in [0.15, 0.2) is 0 Å². The topological polar surface area (TPSA) is 130 Å². The zero-order valence-corrected chi connectivity index (χ0v) is 17.3. The molecule has 0 fully saturated rings. The lowest BCUT2D eigenvalue weighted by atomic mass is 10.1. The number of carbonyl (C=O) groups is 2. The van der Waals surface area contributed by atoms with Gasteiger partial charge in [-0.3, -0.25) is 24.3 Å². The number of rotatable bonds is 8. The van der Waals surface area contributed by atoms with Gasteiger partial charge >= 0.3 is 0 Å². The molecule has 0 saturated carbocycles. The van der Waals surface area contributed by atoms with Crippen molar-refractivity contribution in [2.24, 2.45) is 4.99 Å². The van der Waals surface area contributed by atoms with Crippen LogP contribution in [0.2, 0.25) is 0 Å². The van der Waals surface area contributed by atoms with E-state index in [2.05, 4.69) is 25.3 Å². The van der Waals surface area contributed by atoms with Crippen LogP contribution in [0.4, 0.5) is 5.69 Å². The summed E-state index contributed by atoms with van der Waals surface area (Å²) in [6.45, 7) is 1.75. The van der Waals surface area contributed by atoms with E-state index in [0.717, 1.165) is 12.8 Å². The number of pyridine rings is 1. The van der Waals surface area contributed by atoms with Gasteiger partial charge in [0, 0.05) is 11.8 Å². The van der Waals surface area contributed by atoms with Gasteiger partial charge in [0.1, 0.15) is 11.9 Å². The first-order valence-corrected chi connectivity index (χ1v) is 11.1. The average Bonchev–Trinajstić information content (AvgIpc) is 3.00. The van der Waals surface area contributed by atoms with E-state index >= 15 is 0 Å². The van der Waals surface area contributed by atoms with Gasteiger partial charge in [-0.1, -0.05) is 31.9 Å². The second-order valence-electron chi connectivity index (χ2n) is 6.75. The maximum Gasteiger partial charge on any atom is 0.263 e. The number of amides is 2. The molecule has 158 valence electrons. The molecule has 3 N–H and O–H groups in total. The highest BCUT2D eigenvalue weighted by Crippen LogP contribution is 2.23. The van der Waals surface area contributed by atoms with Gasteiger partial charge in [0.2, 0.25) is 11.8 Å². The average molecular weight is 430 g/mol. The molecule has 1 aliphatic rings. The van der Waals surface area contributed by atoms with Crippen LogP contribution < -0.4 is 15.4 Å². The molecule has 0 bridgehead atoms. The Morgan fingerprint density at radius 3 is 2.73 bits per heavy atom. The van der Waals surface area contributed by atoms with Crippen molar-refractivity contribution < 1.29 is 18.0 Å². The fourth-order valence-electron chi connectivity index (χ4n) is 2.96. The molecular weight excluding hydrogens is 406 g/mol. The molecule has 2 amide bonds. The standard InChI is InChI=1S/C20H23N5O4S/c1-2-3-9-16(20(27)22-13-18(26)23-14-7-6-11-21-12-14)24-19-15-8-4-5-10-17(15)30(28,29)25-19/h4-8,10-12,16H,2-3,9,13H2,1H3,(H,22,27)(H,23,26)(H,24,25). The van der Waals surface area contributed by atoms with Crippen molar-refractivity contribution in [2.75, 3.05) is 11.9 Å². The van der Waals surface area contributed by atoms with E-state index < -0.39 is 27.9 Å². The van der Waals surface area contributed by atoms with Crippen LogP contribution in [0.3, 0.4) is 0 Å². The second-order valence-corrected chi connectivity index (χ2v) is 8.40. The van der Waals surface area contributed by atoms with Crippen LogP contribution in [0.15, 0.2) is 58.7 Å². The number of aliphatic imine (C=N–C) groups is 1. The lowest BCUT2D eigenvalue weighted by Crippen LogP contribution is -2.39. The van der Waals surface area contributed by atoms with E-state index in [1.165, 1.54) is 12.3 Å². The summed E-state index contributed by atoms with van der Waals surface area (Å²) in [4.78, 5) is 33.2. The Balaban J connectivity index is 1.70. The first kappa shape index (κ1) is 21.4. The number of hydrogen-bond donors (Lipinski definition) is 3. The Bertz CT molecular complexity index is 1050. The number of nitrogens with zero attached hydrogens (tertiary/aromatic N) is 2. The highest BCUT2D eigenvalue weighted by atomic mass is 32.2. The van der Waals surface area contributed by atoms with E-state index in [0.29, 0.717) is 17.7 Å². The smallest absolute Gasteiger partial charge is 0.263 e. The Hall–Kier alpha value is -3.27. The number of carbonyl (C=O) groups excluding carboxylic acids is 2. The van der Waals surface area contributed by atoms with Gasteiger partial charge < -0.3 is 10.6 Å². The number of unbranched alkanes of at least 4 members (excludes halogenated alkanes) is 1. The molecule has 9 nitrogen and oxygen atoms in total. The Morgan fingerprint density at radius 1 is 1.20 bits per heavy atom. The van der Waals surface area contributed by atoms with Crippen LogP contribution in [0.5, 0.6) is 0 Å². The number of amidine groups is 1. The highest BCUT2D eigenvalue weighted by Gasteiger charge is 2.31. The van der Waals surface area contributed by atoms with Crippen molar-refractivity contribution in [3.63, 3.8) is 0 Å². The summed E-state index contributed by atoms with van der Waals surface area (Å²) in [6.07, 6.45) is 5.09. The maximum absolute atomic E-state index is 12.7. The predicted octanol–water partition coefficient (Wildman–Crippen LogP) is 1.43. The molecule has 1 aromatic carbocycles. The third kappa shape index (κ3) is 5.20. The molecule has 1 aliphatic heterocycles. The van der Waals surface area contributed by atoms with Gasteiger partial charge in [-0.15, -0.1) is 0 Å². The van der Waals surface area contributed by atoms with Crippen LogP contribution >= 0.6 is 0 Å². The monoisotopic (exact) mass is 429 g/mol. The summed E-state index contributed by atoms with van der Waals surface area (Å²) in [5.41, 5.74) is 0.956. The van der Waals surface area contributed by atoms with Crippen molar-refractivity contribution in [1.82, 2.24) is 15.0 Å². The number of anilines is 1. The Labute approximate surface area is 175 Å². The molecule has 30 heavy (non-hydrogen) atoms. The largest absolute Gasteiger partial charge is 0.345 e. The van der Waals surface area contributed by atoms with Gasteiger partial charge in [0.25, 0.3) is 10.0 Å². The van der Waals surface area contributed by atoms with E-state index in [9.17, 15) is 18.0 Å². The number of benzene rings is 1. The van der Waals surface area contributed by atoms with Gasteiger partial charge in [-0.2, -0.15) is 0 Å². The first-order valence-electron chi connectivity index (χ1n) is 9.58. The normalized spacial score (nSPS) is 16.4. The van der Waals surface area contributed by atoms with Crippen molar-refractivity contribution in [3.05, 3.63) is 54.4 Å². The molecule has 0 spiro atoms. The van der Waals surface area contributed by atoms with Crippen LogP contribution in [0.1, 0.15) is 31.7 Å². The summed E-state index contributed by atoms with van der Waals surface area (Å²) in [6, 6.07) is 9.02. The molecule has 1 atom stereocenters. The zero-order chi connectivity index (χ0) is 21.6. The number of aromatic nitrogens is 1. The van der Waals surface area contributed by atoms with Crippen LogP contribution in [-0.4, -0.2) is 43.6 Å². The van der Waals surface area contributed by atoms with Gasteiger partial charge in [-0.05, 0) is 30.7 Å². The lowest BCUT2D eigenvalue weighted by Gasteiger charge is -2.14. The third-order valence-corrected chi connectivity index (χ3v) is 5.85. The molecule has 2 aromatic rings. The Kier molecular flexibility index (Phi) is 6.78. The lowest BCUT2D eigenvalue weighted by molar-refractivity contribution is -0.125. The molecule has 0 radical (unpaired) electrons. The fourth-order valence-corrected chi connectivity index (χ4v) is 4.20. The zero-order valence-electron chi connectivity index (χ0n) is 16.5. The van der Waals surface area contributed by atoms with E-state index in [4.69, 9.17) is 0 Å². The van der Waals surface area contributed by atoms with E-state index in [1.807, 2.05) is 6.92 Å². The minimum atomic E-state index is -3.69. The van der Waals surface area contributed by atoms with Crippen molar-refractivity contribution in [2.45, 2.75) is 37.1 Å². The summed E-state index contributed by atoms with van der Waals surface area (Å²) in [7, 11) is -3.69. The summed E-state index contributed by atoms with van der Waals surface area (Å²) >= 11 is 0.